The number of rotatable bonds is 5. The Morgan fingerprint density at radius 3 is 2.51 bits per heavy atom. The Morgan fingerprint density at radius 1 is 1.09 bits per heavy atom. The molecule has 1 aromatic carbocycles. The van der Waals surface area contributed by atoms with Gasteiger partial charge in [0.15, 0.2) is 5.69 Å². The molecule has 8 nitrogen and oxygen atoms in total. The van der Waals surface area contributed by atoms with Gasteiger partial charge in [-0.2, -0.15) is 5.10 Å². The molecule has 10 heteroatoms. The van der Waals surface area contributed by atoms with Crippen molar-refractivity contribution in [2.45, 2.75) is 70.1 Å². The van der Waals surface area contributed by atoms with Gasteiger partial charge in [-0.1, -0.05) is 11.6 Å². The van der Waals surface area contributed by atoms with Gasteiger partial charge in [0.05, 0.1) is 24.7 Å². The Morgan fingerprint density at radius 2 is 1.83 bits per heavy atom. The molecule has 2 atom stereocenters. The van der Waals surface area contributed by atoms with Crippen molar-refractivity contribution >= 4 is 29.4 Å². The molecule has 2 saturated heterocycles. The molecule has 2 amide bonds. The Balaban J connectivity index is 1.24. The van der Waals surface area contributed by atoms with Gasteiger partial charge in [0.2, 0.25) is 5.91 Å². The van der Waals surface area contributed by atoms with Crippen LogP contribution in [0.15, 0.2) is 24.3 Å². The number of carboxylic acid groups (broad SMARTS) is 1. The SMILES string of the molecule is O=C(O)C1CC2CCCC(C1)N2C(=O)c1cc2n(n1)CCN(C(=O)CCc1cc(F)cc(Cl)c1)C2. The molecule has 0 saturated carbocycles. The van der Waals surface area contributed by atoms with Gasteiger partial charge in [-0.25, -0.2) is 4.39 Å². The van der Waals surface area contributed by atoms with Gasteiger partial charge in [0, 0.05) is 30.1 Å². The summed E-state index contributed by atoms with van der Waals surface area (Å²) < 4.78 is 15.3. The third-order valence-electron chi connectivity index (χ3n) is 7.48. The van der Waals surface area contributed by atoms with E-state index in [1.807, 2.05) is 4.90 Å². The summed E-state index contributed by atoms with van der Waals surface area (Å²) in [5.41, 5.74) is 1.83. The molecule has 2 fully saturated rings. The van der Waals surface area contributed by atoms with E-state index >= 15 is 0 Å². The number of amides is 2. The van der Waals surface area contributed by atoms with Crippen molar-refractivity contribution in [2.24, 2.45) is 5.92 Å². The van der Waals surface area contributed by atoms with Crippen LogP contribution >= 0.6 is 11.6 Å². The van der Waals surface area contributed by atoms with Crippen molar-refractivity contribution in [3.8, 4) is 0 Å². The molecule has 2 unspecified atom stereocenters. The second-order valence-corrected chi connectivity index (χ2v) is 10.2. The van der Waals surface area contributed by atoms with Gasteiger partial charge in [0.1, 0.15) is 5.82 Å². The molecule has 0 spiro atoms. The number of carboxylic acids is 1. The highest BCUT2D eigenvalue weighted by atomic mass is 35.5. The molecule has 0 radical (unpaired) electrons. The number of aliphatic carboxylic acids is 1. The molecule has 4 heterocycles. The van der Waals surface area contributed by atoms with Crippen LogP contribution in [0.3, 0.4) is 0 Å². The molecule has 1 aromatic heterocycles. The molecule has 35 heavy (non-hydrogen) atoms. The molecule has 3 aliphatic rings. The minimum absolute atomic E-state index is 0.0454. The highest BCUT2D eigenvalue weighted by Gasteiger charge is 2.44. The van der Waals surface area contributed by atoms with Crippen LogP contribution in [0.1, 0.15) is 60.3 Å². The number of hydrogen-bond acceptors (Lipinski definition) is 4. The summed E-state index contributed by atoms with van der Waals surface area (Å²) in [6, 6.07) is 5.91. The molecule has 1 N–H and O–H groups in total. The maximum atomic E-state index is 13.6. The van der Waals surface area contributed by atoms with Gasteiger partial charge in [0.25, 0.3) is 5.91 Å². The van der Waals surface area contributed by atoms with E-state index in [1.54, 1.807) is 21.7 Å². The lowest BCUT2D eigenvalue weighted by Crippen LogP contribution is -2.55. The third-order valence-corrected chi connectivity index (χ3v) is 7.70. The minimum Gasteiger partial charge on any atom is -0.481 e. The molecule has 5 rings (SSSR count). The Bertz CT molecular complexity index is 1130. The van der Waals surface area contributed by atoms with E-state index in [2.05, 4.69) is 5.10 Å². The van der Waals surface area contributed by atoms with Gasteiger partial charge in [-0.3, -0.25) is 19.1 Å². The number of carbonyl (C=O) groups is 3. The van der Waals surface area contributed by atoms with E-state index in [-0.39, 0.29) is 30.3 Å². The quantitative estimate of drug-likeness (QED) is 0.675. The number of carbonyl (C=O) groups excluding carboxylic acids is 2. The van der Waals surface area contributed by atoms with Crippen LogP contribution in [-0.4, -0.2) is 61.1 Å². The first-order valence-corrected chi connectivity index (χ1v) is 12.5. The Hall–Kier alpha value is -2.94. The predicted molar refractivity (Wildman–Crippen MR) is 125 cm³/mol. The topological polar surface area (TPSA) is 95.7 Å². The highest BCUT2D eigenvalue weighted by molar-refractivity contribution is 6.30. The molecular formula is C25H28ClFN4O4. The maximum Gasteiger partial charge on any atom is 0.306 e. The number of aromatic nitrogens is 2. The van der Waals surface area contributed by atoms with E-state index in [4.69, 9.17) is 11.6 Å². The number of nitrogens with zero attached hydrogens (tertiary/aromatic N) is 4. The van der Waals surface area contributed by atoms with E-state index in [1.165, 1.54) is 12.1 Å². The molecule has 0 aliphatic carbocycles. The van der Waals surface area contributed by atoms with Crippen LogP contribution in [0.2, 0.25) is 5.02 Å². The van der Waals surface area contributed by atoms with Crippen LogP contribution in [-0.2, 0) is 29.1 Å². The first-order chi connectivity index (χ1) is 16.8. The summed E-state index contributed by atoms with van der Waals surface area (Å²) >= 11 is 5.90. The second kappa shape index (κ2) is 9.60. The van der Waals surface area contributed by atoms with Crippen LogP contribution in [0, 0.1) is 11.7 Å². The monoisotopic (exact) mass is 502 g/mol. The summed E-state index contributed by atoms with van der Waals surface area (Å²) in [4.78, 5) is 41.4. The molecule has 186 valence electrons. The normalized spacial score (nSPS) is 23.7. The minimum atomic E-state index is -0.781. The van der Waals surface area contributed by atoms with Gasteiger partial charge < -0.3 is 14.9 Å². The van der Waals surface area contributed by atoms with E-state index in [9.17, 15) is 23.9 Å². The van der Waals surface area contributed by atoms with Gasteiger partial charge >= 0.3 is 5.97 Å². The summed E-state index contributed by atoms with van der Waals surface area (Å²) in [5, 5.41) is 14.3. The molecular weight excluding hydrogens is 475 g/mol. The van der Waals surface area contributed by atoms with E-state index < -0.39 is 17.7 Å². The average molecular weight is 503 g/mol. The summed E-state index contributed by atoms with van der Waals surface area (Å²) in [7, 11) is 0. The summed E-state index contributed by atoms with van der Waals surface area (Å²) in [6.07, 6.45) is 4.25. The van der Waals surface area contributed by atoms with Crippen molar-refractivity contribution in [2.75, 3.05) is 6.54 Å². The lowest BCUT2D eigenvalue weighted by atomic mass is 9.78. The second-order valence-electron chi connectivity index (χ2n) is 9.79. The first kappa shape index (κ1) is 23.8. The van der Waals surface area contributed by atoms with Crippen LogP contribution in [0.4, 0.5) is 4.39 Å². The third kappa shape index (κ3) is 4.91. The van der Waals surface area contributed by atoms with Crippen molar-refractivity contribution in [3.63, 3.8) is 0 Å². The number of aryl methyl sites for hydroxylation is 1. The zero-order valence-electron chi connectivity index (χ0n) is 19.3. The van der Waals surface area contributed by atoms with Crippen molar-refractivity contribution in [1.29, 1.82) is 0 Å². The van der Waals surface area contributed by atoms with Crippen molar-refractivity contribution < 1.29 is 23.9 Å². The number of fused-ring (bicyclic) bond motifs is 3. The van der Waals surface area contributed by atoms with Gasteiger partial charge in [-0.15, -0.1) is 0 Å². The summed E-state index contributed by atoms with van der Waals surface area (Å²) in [6.45, 7) is 1.34. The van der Waals surface area contributed by atoms with E-state index in [0.29, 0.717) is 55.2 Å². The fourth-order valence-electron chi connectivity index (χ4n) is 5.80. The Kier molecular flexibility index (Phi) is 6.53. The highest BCUT2D eigenvalue weighted by Crippen LogP contribution is 2.38. The zero-order chi connectivity index (χ0) is 24.7. The zero-order valence-corrected chi connectivity index (χ0v) is 20.1. The van der Waals surface area contributed by atoms with Crippen LogP contribution < -0.4 is 0 Å². The predicted octanol–water partition coefficient (Wildman–Crippen LogP) is 3.51. The van der Waals surface area contributed by atoms with Crippen molar-refractivity contribution in [1.82, 2.24) is 19.6 Å². The summed E-state index contributed by atoms with van der Waals surface area (Å²) in [5.74, 6) is -1.79. The van der Waals surface area contributed by atoms with Crippen molar-refractivity contribution in [3.05, 3.63) is 52.1 Å². The van der Waals surface area contributed by atoms with Crippen LogP contribution in [0.5, 0.6) is 0 Å². The number of benzene rings is 1. The molecule has 3 aliphatic heterocycles. The fourth-order valence-corrected chi connectivity index (χ4v) is 6.04. The lowest BCUT2D eigenvalue weighted by Gasteiger charge is -2.47. The Labute approximate surface area is 207 Å². The molecule has 2 bridgehead atoms. The van der Waals surface area contributed by atoms with Crippen LogP contribution in [0.25, 0.3) is 0 Å². The van der Waals surface area contributed by atoms with E-state index in [0.717, 1.165) is 25.0 Å². The van der Waals surface area contributed by atoms with Gasteiger partial charge in [-0.05, 0) is 68.4 Å². The number of piperidine rings is 2. The fraction of sp³-hybridized carbons (Fsp3) is 0.520. The maximum absolute atomic E-state index is 13.6. The smallest absolute Gasteiger partial charge is 0.306 e. The number of hydrogen-bond donors (Lipinski definition) is 1. The lowest BCUT2D eigenvalue weighted by molar-refractivity contribution is -0.145. The number of halogens is 2. The molecule has 2 aromatic rings. The standard InChI is InChI=1S/C25H28ClFN4O4/c26-17-8-15(9-18(27)12-17)4-5-23(32)29-6-7-30-21(14-29)13-22(28-30)24(33)31-19-2-1-3-20(31)11-16(10-19)25(34)35/h8-9,12-13,16,19-20H,1-7,10-11,14H2,(H,34,35). The largest absolute Gasteiger partial charge is 0.481 e. The average Bonchev–Trinajstić information content (AvgIpc) is 3.24. The first-order valence-electron chi connectivity index (χ1n) is 12.1.